The lowest BCUT2D eigenvalue weighted by Crippen LogP contribution is -2.43. The summed E-state index contributed by atoms with van der Waals surface area (Å²) in [4.78, 5) is 29.5. The van der Waals surface area contributed by atoms with Gasteiger partial charge in [0.15, 0.2) is 0 Å². The first kappa shape index (κ1) is 25.5. The van der Waals surface area contributed by atoms with Crippen LogP contribution in [0.2, 0.25) is 10.0 Å². The molecule has 184 valence electrons. The molecule has 0 aliphatic rings. The number of hydrogen-bond donors (Lipinski definition) is 1. The fourth-order valence-corrected chi connectivity index (χ4v) is 4.58. The van der Waals surface area contributed by atoms with Crippen LogP contribution in [-0.4, -0.2) is 30.0 Å². The van der Waals surface area contributed by atoms with Gasteiger partial charge in [0.1, 0.15) is 29.1 Å². The predicted octanol–water partition coefficient (Wildman–Crippen LogP) is 6.14. The molecule has 10 heteroatoms. The van der Waals surface area contributed by atoms with Crippen LogP contribution in [0, 0.1) is 17.5 Å². The van der Waals surface area contributed by atoms with Gasteiger partial charge in [-0.3, -0.25) is 9.78 Å². The molecular weight excluding hydrogens is 516 g/mol. The molecule has 1 amide bonds. The predicted molar refractivity (Wildman–Crippen MR) is 130 cm³/mol. The Morgan fingerprint density at radius 2 is 1.67 bits per heavy atom. The third kappa shape index (κ3) is 5.01. The molecule has 0 saturated heterocycles. The lowest BCUT2D eigenvalue weighted by molar-refractivity contribution is -0.142. The van der Waals surface area contributed by atoms with Gasteiger partial charge in [0.25, 0.3) is 5.91 Å². The summed E-state index contributed by atoms with van der Waals surface area (Å²) in [5, 5.41) is 3.14. The van der Waals surface area contributed by atoms with Crippen LogP contribution >= 0.6 is 23.2 Å². The van der Waals surface area contributed by atoms with E-state index in [4.69, 9.17) is 27.9 Å². The smallest absolute Gasteiger partial charge is 0.328 e. The number of methoxy groups -OCH3 is 1. The number of hydrogen-bond acceptors (Lipinski definition) is 4. The third-order valence-corrected chi connectivity index (χ3v) is 6.13. The Labute approximate surface area is 213 Å². The molecule has 36 heavy (non-hydrogen) atoms. The SMILES string of the molecule is COC(=O)C(Cc1ccc(-c2c(Cl)cc(F)cc2Cl)c2cccnc12)NC(=O)c1c(F)cccc1F. The van der Waals surface area contributed by atoms with E-state index in [9.17, 15) is 22.8 Å². The number of ether oxygens (including phenoxy) is 1. The van der Waals surface area contributed by atoms with Gasteiger partial charge in [-0.05, 0) is 41.5 Å². The third-order valence-electron chi connectivity index (χ3n) is 5.53. The van der Waals surface area contributed by atoms with Gasteiger partial charge in [0, 0.05) is 23.6 Å². The Hall–Kier alpha value is -3.62. The van der Waals surface area contributed by atoms with Gasteiger partial charge in [0.2, 0.25) is 0 Å². The van der Waals surface area contributed by atoms with E-state index >= 15 is 0 Å². The molecule has 0 saturated carbocycles. The summed E-state index contributed by atoms with van der Waals surface area (Å²) in [6.07, 6.45) is 1.43. The second-order valence-corrected chi connectivity index (χ2v) is 8.58. The van der Waals surface area contributed by atoms with E-state index in [2.05, 4.69) is 10.3 Å². The first-order chi connectivity index (χ1) is 17.2. The van der Waals surface area contributed by atoms with Crippen molar-refractivity contribution in [1.82, 2.24) is 10.3 Å². The number of nitrogens with one attached hydrogen (secondary N) is 1. The standard InChI is InChI=1S/C26H17Cl2F3N2O3/c1-36-26(35)21(33-25(34)23-19(30)5-2-6-20(23)31)10-13-7-8-15(16-4-3-9-32-24(13)16)22-17(27)11-14(29)12-18(22)28/h2-9,11-12,21H,10H2,1H3,(H,33,34). The first-order valence-electron chi connectivity index (χ1n) is 10.6. The van der Waals surface area contributed by atoms with E-state index < -0.39 is 40.9 Å². The van der Waals surface area contributed by atoms with Crippen molar-refractivity contribution >= 4 is 46.0 Å². The first-order valence-corrected chi connectivity index (χ1v) is 11.3. The quantitative estimate of drug-likeness (QED) is 0.303. The van der Waals surface area contributed by atoms with E-state index in [1.807, 2.05) is 0 Å². The Balaban J connectivity index is 1.75. The number of pyridine rings is 1. The number of carbonyl (C=O) groups excluding carboxylic acids is 2. The molecule has 4 aromatic rings. The van der Waals surface area contributed by atoms with Gasteiger partial charge in [-0.25, -0.2) is 18.0 Å². The van der Waals surface area contributed by atoms with Gasteiger partial charge in [-0.1, -0.05) is 47.5 Å². The fraction of sp³-hybridized carbons (Fsp3) is 0.115. The van der Waals surface area contributed by atoms with Gasteiger partial charge < -0.3 is 10.1 Å². The summed E-state index contributed by atoms with van der Waals surface area (Å²) in [6.45, 7) is 0. The average molecular weight is 533 g/mol. The normalized spacial score (nSPS) is 11.8. The Bertz CT molecular complexity index is 1450. The maximum absolute atomic E-state index is 14.1. The highest BCUT2D eigenvalue weighted by atomic mass is 35.5. The number of aromatic nitrogens is 1. The van der Waals surface area contributed by atoms with Crippen molar-refractivity contribution in [3.05, 3.63) is 99.4 Å². The Morgan fingerprint density at radius 1 is 1.00 bits per heavy atom. The monoisotopic (exact) mass is 532 g/mol. The molecular formula is C26H17Cl2F3N2O3. The molecule has 3 aromatic carbocycles. The Morgan fingerprint density at radius 3 is 2.31 bits per heavy atom. The molecule has 1 N–H and O–H groups in total. The maximum Gasteiger partial charge on any atom is 0.328 e. The van der Waals surface area contributed by atoms with Crippen molar-refractivity contribution in [3.8, 4) is 11.1 Å². The zero-order chi connectivity index (χ0) is 26.0. The lowest BCUT2D eigenvalue weighted by atomic mass is 9.95. The molecule has 0 aliphatic carbocycles. The van der Waals surface area contributed by atoms with Crippen molar-refractivity contribution in [3.63, 3.8) is 0 Å². The van der Waals surface area contributed by atoms with Crippen molar-refractivity contribution in [1.29, 1.82) is 0 Å². The van der Waals surface area contributed by atoms with Crippen LogP contribution < -0.4 is 5.32 Å². The minimum atomic E-state index is -1.28. The molecule has 5 nitrogen and oxygen atoms in total. The number of benzene rings is 3. The van der Waals surface area contributed by atoms with Gasteiger partial charge in [0.05, 0.1) is 22.7 Å². The summed E-state index contributed by atoms with van der Waals surface area (Å²) in [6, 6.07) is 10.8. The van der Waals surface area contributed by atoms with Crippen molar-refractivity contribution in [2.75, 3.05) is 7.11 Å². The highest BCUT2D eigenvalue weighted by molar-refractivity contribution is 6.39. The maximum atomic E-state index is 14.1. The van der Waals surface area contributed by atoms with Crippen LogP contribution in [0.3, 0.4) is 0 Å². The number of amides is 1. The van der Waals surface area contributed by atoms with Crippen LogP contribution in [0.4, 0.5) is 13.2 Å². The van der Waals surface area contributed by atoms with Crippen LogP contribution in [0.5, 0.6) is 0 Å². The van der Waals surface area contributed by atoms with Crippen molar-refractivity contribution in [2.24, 2.45) is 0 Å². The second-order valence-electron chi connectivity index (χ2n) is 7.77. The summed E-state index contributed by atoms with van der Waals surface area (Å²) in [7, 11) is 1.13. The number of halogens is 5. The fourth-order valence-electron chi connectivity index (χ4n) is 3.91. The molecule has 0 spiro atoms. The van der Waals surface area contributed by atoms with Gasteiger partial charge >= 0.3 is 5.97 Å². The summed E-state index contributed by atoms with van der Waals surface area (Å²) in [5.41, 5.74) is 1.13. The summed E-state index contributed by atoms with van der Waals surface area (Å²) >= 11 is 12.6. The summed E-state index contributed by atoms with van der Waals surface area (Å²) < 4.78 is 46.7. The molecule has 1 heterocycles. The van der Waals surface area contributed by atoms with Crippen molar-refractivity contribution < 1.29 is 27.5 Å². The molecule has 4 rings (SSSR count). The van der Waals surface area contributed by atoms with Gasteiger partial charge in [-0.15, -0.1) is 0 Å². The largest absolute Gasteiger partial charge is 0.467 e. The topological polar surface area (TPSA) is 68.3 Å². The molecule has 1 unspecified atom stereocenters. The van der Waals surface area contributed by atoms with Crippen LogP contribution in [0.15, 0.2) is 60.8 Å². The highest BCUT2D eigenvalue weighted by Gasteiger charge is 2.27. The number of esters is 1. The number of carbonyl (C=O) groups is 2. The van der Waals surface area contributed by atoms with Crippen LogP contribution in [0.25, 0.3) is 22.0 Å². The molecule has 0 fully saturated rings. The van der Waals surface area contributed by atoms with Crippen LogP contribution in [-0.2, 0) is 16.0 Å². The zero-order valence-corrected chi connectivity index (χ0v) is 20.1. The number of rotatable bonds is 6. The zero-order valence-electron chi connectivity index (χ0n) is 18.6. The lowest BCUT2D eigenvalue weighted by Gasteiger charge is -2.19. The van der Waals surface area contributed by atoms with E-state index in [-0.39, 0.29) is 16.5 Å². The summed E-state index contributed by atoms with van der Waals surface area (Å²) in [5.74, 6) is -4.66. The minimum Gasteiger partial charge on any atom is -0.467 e. The second kappa shape index (κ2) is 10.6. The van der Waals surface area contributed by atoms with E-state index in [0.29, 0.717) is 27.6 Å². The van der Waals surface area contributed by atoms with E-state index in [0.717, 1.165) is 37.4 Å². The minimum absolute atomic E-state index is 0.101. The van der Waals surface area contributed by atoms with Crippen LogP contribution in [0.1, 0.15) is 15.9 Å². The van der Waals surface area contributed by atoms with E-state index in [1.165, 1.54) is 6.20 Å². The van der Waals surface area contributed by atoms with Gasteiger partial charge in [-0.2, -0.15) is 0 Å². The van der Waals surface area contributed by atoms with E-state index in [1.54, 1.807) is 24.3 Å². The molecule has 0 bridgehead atoms. The molecule has 0 radical (unpaired) electrons. The average Bonchev–Trinajstić information content (AvgIpc) is 2.83. The molecule has 0 aliphatic heterocycles. The number of nitrogens with zero attached hydrogens (tertiary/aromatic N) is 1. The molecule has 1 aromatic heterocycles. The highest BCUT2D eigenvalue weighted by Crippen LogP contribution is 2.39. The Kier molecular flexibility index (Phi) is 7.47. The number of fused-ring (bicyclic) bond motifs is 1. The molecule has 1 atom stereocenters. The van der Waals surface area contributed by atoms with Crippen molar-refractivity contribution in [2.45, 2.75) is 12.5 Å².